The molecule has 0 saturated carbocycles. The first-order valence-corrected chi connectivity index (χ1v) is 4.42. The van der Waals surface area contributed by atoms with Gasteiger partial charge in [0.25, 0.3) is 0 Å². The molecule has 1 aliphatic rings. The summed E-state index contributed by atoms with van der Waals surface area (Å²) in [6.07, 6.45) is 3.95. The number of hydrogen-bond acceptors (Lipinski definition) is 3. The van der Waals surface area contributed by atoms with Crippen LogP contribution in [-0.4, -0.2) is 16.1 Å². The SMILES string of the molecule is CC1=CN(c2cc[nH]n2)CS1. The first-order valence-electron chi connectivity index (χ1n) is 3.44. The minimum atomic E-state index is 0.983. The van der Waals surface area contributed by atoms with Gasteiger partial charge in [0.05, 0.1) is 5.88 Å². The summed E-state index contributed by atoms with van der Waals surface area (Å²) in [5.41, 5.74) is 0. The normalized spacial score (nSPS) is 17.2. The smallest absolute Gasteiger partial charge is 0.155 e. The molecule has 1 N–H and O–H groups in total. The van der Waals surface area contributed by atoms with Gasteiger partial charge in [0.2, 0.25) is 0 Å². The first-order chi connectivity index (χ1) is 5.36. The van der Waals surface area contributed by atoms with Crippen molar-refractivity contribution in [2.45, 2.75) is 6.92 Å². The zero-order valence-electron chi connectivity index (χ0n) is 6.24. The zero-order valence-corrected chi connectivity index (χ0v) is 7.06. The monoisotopic (exact) mass is 167 g/mol. The quantitative estimate of drug-likeness (QED) is 0.692. The summed E-state index contributed by atoms with van der Waals surface area (Å²) < 4.78 is 0. The summed E-state index contributed by atoms with van der Waals surface area (Å²) >= 11 is 1.84. The van der Waals surface area contributed by atoms with E-state index in [0.29, 0.717) is 0 Å². The van der Waals surface area contributed by atoms with Crippen molar-refractivity contribution in [2.24, 2.45) is 0 Å². The highest BCUT2D eigenvalue weighted by atomic mass is 32.2. The van der Waals surface area contributed by atoms with Crippen molar-refractivity contribution in [3.63, 3.8) is 0 Å². The van der Waals surface area contributed by atoms with E-state index in [1.165, 1.54) is 4.91 Å². The number of nitrogens with one attached hydrogen (secondary N) is 1. The molecular formula is C7H9N3S. The van der Waals surface area contributed by atoms with Crippen molar-refractivity contribution >= 4 is 17.6 Å². The molecule has 0 bridgehead atoms. The van der Waals surface area contributed by atoms with Crippen LogP contribution in [0.25, 0.3) is 0 Å². The average Bonchev–Trinajstić information content (AvgIpc) is 2.55. The average molecular weight is 167 g/mol. The number of allylic oxidation sites excluding steroid dienone is 1. The molecule has 0 spiro atoms. The summed E-state index contributed by atoms with van der Waals surface area (Å²) in [7, 11) is 0. The summed E-state index contributed by atoms with van der Waals surface area (Å²) in [5.74, 6) is 1.98. The van der Waals surface area contributed by atoms with E-state index in [1.807, 2.05) is 24.0 Å². The molecule has 1 aliphatic heterocycles. The molecule has 1 aromatic rings. The predicted molar refractivity (Wildman–Crippen MR) is 47.3 cm³/mol. The van der Waals surface area contributed by atoms with Crippen LogP contribution < -0.4 is 4.90 Å². The lowest BCUT2D eigenvalue weighted by Gasteiger charge is -2.08. The number of hydrogen-bond donors (Lipinski definition) is 1. The van der Waals surface area contributed by atoms with Crippen molar-refractivity contribution < 1.29 is 0 Å². The van der Waals surface area contributed by atoms with Crippen LogP contribution >= 0.6 is 11.8 Å². The molecule has 4 heteroatoms. The third kappa shape index (κ3) is 1.26. The molecule has 0 atom stereocenters. The number of rotatable bonds is 1. The third-order valence-electron chi connectivity index (χ3n) is 1.55. The fraction of sp³-hybridized carbons (Fsp3) is 0.286. The van der Waals surface area contributed by atoms with Gasteiger partial charge in [-0.3, -0.25) is 5.10 Å². The summed E-state index contributed by atoms with van der Waals surface area (Å²) in [4.78, 5) is 3.46. The number of H-pyrrole nitrogens is 1. The minimum absolute atomic E-state index is 0.983. The van der Waals surface area contributed by atoms with Gasteiger partial charge in [0, 0.05) is 18.5 Å². The number of nitrogens with zero attached hydrogens (tertiary/aromatic N) is 2. The van der Waals surface area contributed by atoms with Crippen molar-refractivity contribution in [1.82, 2.24) is 10.2 Å². The molecule has 1 aromatic heterocycles. The topological polar surface area (TPSA) is 31.9 Å². The Labute approximate surface area is 69.5 Å². The van der Waals surface area contributed by atoms with Gasteiger partial charge in [0.15, 0.2) is 5.82 Å². The minimum Gasteiger partial charge on any atom is -0.321 e. The van der Waals surface area contributed by atoms with Crippen LogP contribution in [0.5, 0.6) is 0 Å². The maximum atomic E-state index is 4.08. The highest BCUT2D eigenvalue weighted by Crippen LogP contribution is 2.27. The van der Waals surface area contributed by atoms with Crippen LogP contribution in [0.15, 0.2) is 23.4 Å². The van der Waals surface area contributed by atoms with Crippen molar-refractivity contribution in [3.05, 3.63) is 23.4 Å². The predicted octanol–water partition coefficient (Wildman–Crippen LogP) is 1.78. The Balaban J connectivity index is 2.20. The van der Waals surface area contributed by atoms with Gasteiger partial charge < -0.3 is 4.90 Å². The lowest BCUT2D eigenvalue weighted by molar-refractivity contribution is 1.03. The van der Waals surface area contributed by atoms with Crippen LogP contribution in [0, 0.1) is 0 Å². The van der Waals surface area contributed by atoms with Crippen molar-refractivity contribution in [1.29, 1.82) is 0 Å². The van der Waals surface area contributed by atoms with Gasteiger partial charge in [-0.15, -0.1) is 11.8 Å². The summed E-state index contributed by atoms with van der Waals surface area (Å²) in [6.45, 7) is 2.11. The molecule has 11 heavy (non-hydrogen) atoms. The zero-order chi connectivity index (χ0) is 7.68. The largest absolute Gasteiger partial charge is 0.321 e. The summed E-state index contributed by atoms with van der Waals surface area (Å²) in [6, 6.07) is 1.97. The number of thioether (sulfide) groups is 1. The molecule has 0 fully saturated rings. The van der Waals surface area contributed by atoms with Gasteiger partial charge in [-0.05, 0) is 11.8 Å². The molecule has 0 aliphatic carbocycles. The van der Waals surface area contributed by atoms with E-state index in [1.54, 1.807) is 0 Å². The third-order valence-corrected chi connectivity index (χ3v) is 2.52. The molecule has 0 unspecified atom stereocenters. The van der Waals surface area contributed by atoms with Gasteiger partial charge in [-0.2, -0.15) is 5.10 Å². The van der Waals surface area contributed by atoms with Gasteiger partial charge in [-0.1, -0.05) is 0 Å². The van der Waals surface area contributed by atoms with E-state index < -0.39 is 0 Å². The highest BCUT2D eigenvalue weighted by molar-refractivity contribution is 8.03. The number of aromatic nitrogens is 2. The lowest BCUT2D eigenvalue weighted by atomic mass is 10.5. The van der Waals surface area contributed by atoms with Crippen LogP contribution in [0.1, 0.15) is 6.92 Å². The molecule has 3 nitrogen and oxygen atoms in total. The lowest BCUT2D eigenvalue weighted by Crippen LogP contribution is -2.10. The van der Waals surface area contributed by atoms with E-state index in [9.17, 15) is 0 Å². The Morgan fingerprint density at radius 1 is 1.73 bits per heavy atom. The Hall–Kier alpha value is -0.900. The molecule has 0 amide bonds. The van der Waals surface area contributed by atoms with Crippen LogP contribution in [-0.2, 0) is 0 Å². The fourth-order valence-electron chi connectivity index (χ4n) is 1.01. The molecule has 58 valence electrons. The number of anilines is 1. The molecule has 2 rings (SSSR count). The van der Waals surface area contributed by atoms with Crippen molar-refractivity contribution in [2.75, 3.05) is 10.8 Å². The van der Waals surface area contributed by atoms with E-state index in [4.69, 9.17) is 0 Å². The maximum Gasteiger partial charge on any atom is 0.155 e. The van der Waals surface area contributed by atoms with E-state index in [-0.39, 0.29) is 0 Å². The van der Waals surface area contributed by atoms with E-state index >= 15 is 0 Å². The van der Waals surface area contributed by atoms with Gasteiger partial charge in [0.1, 0.15) is 0 Å². The molecule has 2 heterocycles. The van der Waals surface area contributed by atoms with Crippen molar-refractivity contribution in [3.8, 4) is 0 Å². The fourth-order valence-corrected chi connectivity index (χ4v) is 1.76. The van der Waals surface area contributed by atoms with Crippen LogP contribution in [0.4, 0.5) is 5.82 Å². The Morgan fingerprint density at radius 2 is 2.64 bits per heavy atom. The highest BCUT2D eigenvalue weighted by Gasteiger charge is 2.12. The molecule has 0 aromatic carbocycles. The molecule has 0 radical (unpaired) electrons. The first kappa shape index (κ1) is 6.79. The Morgan fingerprint density at radius 3 is 3.18 bits per heavy atom. The van der Waals surface area contributed by atoms with Crippen LogP contribution in [0.2, 0.25) is 0 Å². The Bertz CT molecular complexity index is 265. The second kappa shape index (κ2) is 2.62. The van der Waals surface area contributed by atoms with E-state index in [0.717, 1.165) is 11.7 Å². The standard InChI is InChI=1S/C7H9N3S/c1-6-4-10(5-11-6)7-2-3-8-9-7/h2-4H,5H2,1H3,(H,8,9). The molecule has 0 saturated heterocycles. The number of aromatic amines is 1. The van der Waals surface area contributed by atoms with E-state index in [2.05, 4.69) is 28.2 Å². The van der Waals surface area contributed by atoms with Gasteiger partial charge in [-0.25, -0.2) is 0 Å². The second-order valence-electron chi connectivity index (χ2n) is 2.42. The summed E-state index contributed by atoms with van der Waals surface area (Å²) in [5, 5.41) is 6.87. The maximum absolute atomic E-state index is 4.08. The second-order valence-corrected chi connectivity index (χ2v) is 3.61. The van der Waals surface area contributed by atoms with Gasteiger partial charge >= 0.3 is 0 Å². The molecular weight excluding hydrogens is 158 g/mol. The Kier molecular flexibility index (Phi) is 1.62. The van der Waals surface area contributed by atoms with Crippen LogP contribution in [0.3, 0.4) is 0 Å².